The van der Waals surface area contributed by atoms with E-state index < -0.39 is 10.5 Å². The van der Waals surface area contributed by atoms with Crippen LogP contribution < -0.4 is 5.56 Å². The van der Waals surface area contributed by atoms with E-state index in [1.54, 1.807) is 4.90 Å². The first-order valence-electron chi connectivity index (χ1n) is 8.41. The van der Waals surface area contributed by atoms with Crippen molar-refractivity contribution in [1.29, 1.82) is 0 Å². The van der Waals surface area contributed by atoms with Gasteiger partial charge in [-0.2, -0.15) is 0 Å². The molecule has 1 unspecified atom stereocenters. The molecule has 130 valence electrons. The van der Waals surface area contributed by atoms with Crippen LogP contribution in [-0.4, -0.2) is 57.4 Å². The first-order chi connectivity index (χ1) is 11.5. The minimum atomic E-state index is -0.565. The van der Waals surface area contributed by atoms with Crippen LogP contribution in [0, 0.1) is 10.1 Å². The molecule has 1 aromatic heterocycles. The van der Waals surface area contributed by atoms with Gasteiger partial charge in [0.05, 0.1) is 11.1 Å². The number of amides is 1. The van der Waals surface area contributed by atoms with Crippen molar-refractivity contribution in [2.24, 2.45) is 0 Å². The lowest BCUT2D eigenvalue weighted by atomic mass is 10.0. The lowest BCUT2D eigenvalue weighted by Gasteiger charge is -2.37. The predicted octanol–water partition coefficient (Wildman–Crippen LogP) is 0.843. The summed E-state index contributed by atoms with van der Waals surface area (Å²) in [6.07, 6.45) is 5.63. The van der Waals surface area contributed by atoms with Gasteiger partial charge in [0.25, 0.3) is 11.2 Å². The Morgan fingerprint density at radius 1 is 1.21 bits per heavy atom. The molecule has 1 aromatic rings. The molecule has 2 aliphatic heterocycles. The molecule has 0 aromatic carbocycles. The summed E-state index contributed by atoms with van der Waals surface area (Å²) >= 11 is 0. The summed E-state index contributed by atoms with van der Waals surface area (Å²) in [6.45, 7) is 3.41. The van der Waals surface area contributed by atoms with Crippen LogP contribution in [0.3, 0.4) is 0 Å². The van der Waals surface area contributed by atoms with Crippen molar-refractivity contribution in [3.05, 3.63) is 38.8 Å². The van der Waals surface area contributed by atoms with Crippen LogP contribution >= 0.6 is 0 Å². The lowest BCUT2D eigenvalue weighted by Crippen LogP contribution is -2.50. The van der Waals surface area contributed by atoms with Crippen molar-refractivity contribution in [3.8, 4) is 0 Å². The third kappa shape index (κ3) is 3.64. The molecule has 2 aliphatic rings. The van der Waals surface area contributed by atoms with Crippen molar-refractivity contribution in [2.45, 2.75) is 38.3 Å². The summed E-state index contributed by atoms with van der Waals surface area (Å²) in [6, 6.07) is 2.69. The number of rotatable bonds is 4. The molecule has 1 atom stereocenters. The lowest BCUT2D eigenvalue weighted by molar-refractivity contribution is -0.385. The molecule has 24 heavy (non-hydrogen) atoms. The largest absolute Gasteiger partial charge is 0.340 e. The molecule has 0 spiro atoms. The molecular weight excluding hydrogens is 312 g/mol. The molecule has 3 heterocycles. The van der Waals surface area contributed by atoms with Crippen LogP contribution in [0.4, 0.5) is 5.69 Å². The number of hydrogen-bond donors (Lipinski definition) is 0. The Bertz CT molecular complexity index is 681. The molecule has 0 N–H and O–H groups in total. The monoisotopic (exact) mass is 334 g/mol. The zero-order valence-corrected chi connectivity index (χ0v) is 13.6. The average Bonchev–Trinajstić information content (AvgIpc) is 3.11. The molecule has 3 rings (SSSR count). The molecule has 0 saturated carbocycles. The van der Waals surface area contributed by atoms with Crippen molar-refractivity contribution in [2.75, 3.05) is 26.2 Å². The molecule has 2 saturated heterocycles. The fraction of sp³-hybridized carbons (Fsp3) is 0.625. The Labute approximate surface area is 139 Å². The number of hydrogen-bond acceptors (Lipinski definition) is 5. The highest BCUT2D eigenvalue weighted by molar-refractivity contribution is 5.76. The topological polar surface area (TPSA) is 88.7 Å². The third-order valence-corrected chi connectivity index (χ3v) is 4.89. The summed E-state index contributed by atoms with van der Waals surface area (Å²) in [4.78, 5) is 38.9. The summed E-state index contributed by atoms with van der Waals surface area (Å²) in [5.74, 6) is -0.151. The van der Waals surface area contributed by atoms with E-state index >= 15 is 0 Å². The van der Waals surface area contributed by atoms with E-state index in [-0.39, 0.29) is 18.1 Å². The van der Waals surface area contributed by atoms with Gasteiger partial charge in [-0.3, -0.25) is 29.2 Å². The van der Waals surface area contributed by atoms with Gasteiger partial charge in [0, 0.05) is 31.3 Å². The van der Waals surface area contributed by atoms with Gasteiger partial charge in [-0.1, -0.05) is 0 Å². The highest BCUT2D eigenvalue weighted by atomic mass is 16.6. The molecule has 8 nitrogen and oxygen atoms in total. The Kier molecular flexibility index (Phi) is 4.94. The zero-order chi connectivity index (χ0) is 17.1. The first kappa shape index (κ1) is 16.6. The minimum absolute atomic E-state index is 0.146. The second-order valence-electron chi connectivity index (χ2n) is 6.49. The maximum absolute atomic E-state index is 12.5. The number of likely N-dealkylation sites (tertiary alicyclic amines) is 2. The van der Waals surface area contributed by atoms with E-state index in [4.69, 9.17) is 0 Å². The minimum Gasteiger partial charge on any atom is -0.340 e. The number of piperidine rings is 1. The van der Waals surface area contributed by atoms with Gasteiger partial charge in [-0.15, -0.1) is 0 Å². The Morgan fingerprint density at radius 2 is 1.96 bits per heavy atom. The predicted molar refractivity (Wildman–Crippen MR) is 87.8 cm³/mol. The first-order valence-corrected chi connectivity index (χ1v) is 8.41. The molecular formula is C16H22N4O4. The van der Waals surface area contributed by atoms with Gasteiger partial charge in [-0.05, 0) is 38.8 Å². The molecule has 1 amide bonds. The van der Waals surface area contributed by atoms with Gasteiger partial charge < -0.3 is 4.90 Å². The molecule has 0 aliphatic carbocycles. The highest BCUT2D eigenvalue weighted by Gasteiger charge is 2.29. The fourth-order valence-corrected chi connectivity index (χ4v) is 3.58. The average molecular weight is 334 g/mol. The molecule has 8 heteroatoms. The van der Waals surface area contributed by atoms with Crippen molar-refractivity contribution >= 4 is 11.6 Å². The second-order valence-corrected chi connectivity index (χ2v) is 6.49. The Hall–Kier alpha value is -2.22. The Morgan fingerprint density at radius 3 is 2.67 bits per heavy atom. The van der Waals surface area contributed by atoms with Crippen LogP contribution in [-0.2, 0) is 11.3 Å². The number of carbonyl (C=O) groups excluding carboxylic acids is 1. The fourth-order valence-electron chi connectivity index (χ4n) is 3.58. The summed E-state index contributed by atoms with van der Waals surface area (Å²) < 4.78 is 1.12. The second kappa shape index (κ2) is 7.12. The van der Waals surface area contributed by atoms with E-state index in [9.17, 15) is 19.7 Å². The van der Waals surface area contributed by atoms with Crippen LogP contribution in [0.5, 0.6) is 0 Å². The smallest absolute Gasteiger partial charge is 0.285 e. The zero-order valence-electron chi connectivity index (χ0n) is 13.6. The van der Waals surface area contributed by atoms with Crippen LogP contribution in [0.1, 0.15) is 25.7 Å². The van der Waals surface area contributed by atoms with Gasteiger partial charge in [-0.25, -0.2) is 0 Å². The van der Waals surface area contributed by atoms with E-state index in [1.807, 2.05) is 0 Å². The number of nitro groups is 1. The SMILES string of the molecule is O=C(Cn1cc([N+](=O)[O-])ccc1=O)N1CCCC(N2CCCC2)C1. The standard InChI is InChI=1S/C16H22N4O4/c21-15-6-5-14(20(23)24)11-19(15)12-16(22)18-9-3-4-13(10-18)17-7-1-2-8-17/h5-6,11,13H,1-4,7-10,12H2. The van der Waals surface area contributed by atoms with E-state index in [1.165, 1.54) is 12.8 Å². The van der Waals surface area contributed by atoms with Gasteiger partial charge in [0.2, 0.25) is 5.91 Å². The van der Waals surface area contributed by atoms with Crippen molar-refractivity contribution < 1.29 is 9.72 Å². The quantitative estimate of drug-likeness (QED) is 0.601. The van der Waals surface area contributed by atoms with Crippen LogP contribution in [0.25, 0.3) is 0 Å². The maximum atomic E-state index is 12.5. The summed E-state index contributed by atoms with van der Waals surface area (Å²) in [5.41, 5.74) is -0.585. The van der Waals surface area contributed by atoms with Crippen LogP contribution in [0.15, 0.2) is 23.1 Å². The van der Waals surface area contributed by atoms with E-state index in [0.717, 1.165) is 48.8 Å². The molecule has 0 bridgehead atoms. The normalized spacial score (nSPS) is 21.8. The maximum Gasteiger partial charge on any atom is 0.285 e. The van der Waals surface area contributed by atoms with Gasteiger partial charge in [0.1, 0.15) is 6.54 Å². The summed E-state index contributed by atoms with van der Waals surface area (Å²) in [5, 5.41) is 10.8. The number of pyridine rings is 1. The Balaban J connectivity index is 1.67. The number of carbonyl (C=O) groups is 1. The van der Waals surface area contributed by atoms with E-state index in [0.29, 0.717) is 19.1 Å². The van der Waals surface area contributed by atoms with Crippen molar-refractivity contribution in [1.82, 2.24) is 14.4 Å². The van der Waals surface area contributed by atoms with Gasteiger partial charge in [0.15, 0.2) is 0 Å². The number of aromatic nitrogens is 1. The van der Waals surface area contributed by atoms with Gasteiger partial charge >= 0.3 is 0 Å². The molecule has 0 radical (unpaired) electrons. The summed E-state index contributed by atoms with van der Waals surface area (Å²) in [7, 11) is 0. The third-order valence-electron chi connectivity index (χ3n) is 4.89. The van der Waals surface area contributed by atoms with Crippen molar-refractivity contribution in [3.63, 3.8) is 0 Å². The highest BCUT2D eigenvalue weighted by Crippen LogP contribution is 2.20. The van der Waals surface area contributed by atoms with E-state index in [2.05, 4.69) is 4.90 Å². The molecule has 2 fully saturated rings. The number of nitrogens with zero attached hydrogens (tertiary/aromatic N) is 4. The van der Waals surface area contributed by atoms with Crippen LogP contribution in [0.2, 0.25) is 0 Å².